The molecule has 0 fully saturated rings. The second-order valence-corrected chi connectivity index (χ2v) is 3.73. The second-order valence-electron chi connectivity index (χ2n) is 3.73. The third kappa shape index (κ3) is 3.55. The van der Waals surface area contributed by atoms with Gasteiger partial charge in [-0.25, -0.2) is 9.78 Å². The molecule has 0 aliphatic rings. The molecule has 1 aromatic carbocycles. The first-order chi connectivity index (χ1) is 9.69. The molecule has 0 amide bonds. The molecule has 0 atom stereocenters. The number of carbonyl (C=O) groups is 1. The number of aromatic nitrogens is 2. The van der Waals surface area contributed by atoms with Crippen LogP contribution in [0.25, 0.3) is 6.08 Å². The molecule has 0 unspecified atom stereocenters. The van der Waals surface area contributed by atoms with Crippen molar-refractivity contribution in [3.63, 3.8) is 0 Å². The van der Waals surface area contributed by atoms with Crippen LogP contribution >= 0.6 is 0 Å². The van der Waals surface area contributed by atoms with Crippen LogP contribution < -0.4 is 9.47 Å². The number of ether oxygens (including phenoxy) is 2. The summed E-state index contributed by atoms with van der Waals surface area (Å²) >= 11 is 0. The number of phenols is 1. The van der Waals surface area contributed by atoms with E-state index in [1.165, 1.54) is 37.8 Å². The molecule has 0 saturated carbocycles. The van der Waals surface area contributed by atoms with E-state index in [1.54, 1.807) is 18.2 Å². The van der Waals surface area contributed by atoms with Crippen molar-refractivity contribution in [2.45, 2.75) is 0 Å². The van der Waals surface area contributed by atoms with E-state index in [0.717, 1.165) is 0 Å². The zero-order valence-corrected chi connectivity index (χ0v) is 10.7. The molecule has 1 heterocycles. The number of aromatic hydroxyl groups is 1. The Kier molecular flexibility index (Phi) is 4.28. The molecule has 1 N–H and O–H groups in total. The number of benzene rings is 1. The van der Waals surface area contributed by atoms with Crippen molar-refractivity contribution in [3.05, 3.63) is 48.4 Å². The van der Waals surface area contributed by atoms with Crippen molar-refractivity contribution in [1.29, 1.82) is 0 Å². The summed E-state index contributed by atoms with van der Waals surface area (Å²) in [6.45, 7) is 0. The van der Waals surface area contributed by atoms with E-state index in [2.05, 4.69) is 9.97 Å². The van der Waals surface area contributed by atoms with E-state index in [4.69, 9.17) is 9.47 Å². The maximum atomic E-state index is 11.5. The summed E-state index contributed by atoms with van der Waals surface area (Å²) in [5.74, 6) is -0.0794. The maximum Gasteiger partial charge on any atom is 0.337 e. The van der Waals surface area contributed by atoms with E-state index in [-0.39, 0.29) is 11.6 Å². The van der Waals surface area contributed by atoms with Crippen LogP contribution in [0.5, 0.6) is 17.4 Å². The highest BCUT2D eigenvalue weighted by atomic mass is 16.5. The van der Waals surface area contributed by atoms with Gasteiger partial charge in [-0.15, -0.1) is 0 Å². The molecule has 0 radical (unpaired) electrons. The standard InChI is InChI=1S/C14H12N2O4/c1-19-12-8-10(2-4-11(12)17)3-5-14(18)20-13-9-15-6-7-16-13/h2-9,17H,1H3. The van der Waals surface area contributed by atoms with Gasteiger partial charge in [0.2, 0.25) is 5.88 Å². The van der Waals surface area contributed by atoms with Gasteiger partial charge in [0.15, 0.2) is 11.5 Å². The van der Waals surface area contributed by atoms with Crippen molar-refractivity contribution in [1.82, 2.24) is 9.97 Å². The van der Waals surface area contributed by atoms with E-state index in [9.17, 15) is 9.90 Å². The lowest BCUT2D eigenvalue weighted by Gasteiger charge is -2.03. The highest BCUT2D eigenvalue weighted by Crippen LogP contribution is 2.26. The van der Waals surface area contributed by atoms with Crippen molar-refractivity contribution in [3.8, 4) is 17.4 Å². The highest BCUT2D eigenvalue weighted by Gasteiger charge is 2.03. The van der Waals surface area contributed by atoms with Crippen LogP contribution in [0.3, 0.4) is 0 Å². The molecular weight excluding hydrogens is 260 g/mol. The predicted octanol–water partition coefficient (Wildman–Crippen LogP) is 1.81. The zero-order valence-electron chi connectivity index (χ0n) is 10.7. The fourth-order valence-corrected chi connectivity index (χ4v) is 1.44. The third-order valence-corrected chi connectivity index (χ3v) is 2.36. The number of hydrogen-bond donors (Lipinski definition) is 1. The summed E-state index contributed by atoms with van der Waals surface area (Å²) in [5.41, 5.74) is 0.691. The molecule has 1 aromatic heterocycles. The summed E-state index contributed by atoms with van der Waals surface area (Å²) in [6.07, 6.45) is 7.05. The Morgan fingerprint density at radius 2 is 2.20 bits per heavy atom. The van der Waals surface area contributed by atoms with Crippen molar-refractivity contribution in [2.24, 2.45) is 0 Å². The quantitative estimate of drug-likeness (QED) is 0.675. The summed E-state index contributed by atoms with van der Waals surface area (Å²) in [7, 11) is 1.45. The molecule has 2 rings (SSSR count). The minimum atomic E-state index is -0.572. The van der Waals surface area contributed by atoms with Gasteiger partial charge in [0.25, 0.3) is 0 Å². The lowest BCUT2D eigenvalue weighted by Crippen LogP contribution is -2.05. The van der Waals surface area contributed by atoms with E-state index in [1.807, 2.05) is 0 Å². The van der Waals surface area contributed by atoms with Crippen LogP contribution in [-0.4, -0.2) is 28.2 Å². The third-order valence-electron chi connectivity index (χ3n) is 2.36. The first-order valence-corrected chi connectivity index (χ1v) is 5.72. The van der Waals surface area contributed by atoms with Gasteiger partial charge in [0.05, 0.1) is 13.3 Å². The van der Waals surface area contributed by atoms with Crippen LogP contribution in [-0.2, 0) is 4.79 Å². The van der Waals surface area contributed by atoms with Crippen molar-refractivity contribution < 1.29 is 19.4 Å². The Hall–Kier alpha value is -2.89. The minimum absolute atomic E-state index is 0.0341. The van der Waals surface area contributed by atoms with E-state index < -0.39 is 5.97 Å². The Balaban J connectivity index is 2.04. The second kappa shape index (κ2) is 6.33. The van der Waals surface area contributed by atoms with Gasteiger partial charge < -0.3 is 14.6 Å². The Morgan fingerprint density at radius 3 is 2.90 bits per heavy atom. The average Bonchev–Trinajstić information content (AvgIpc) is 2.47. The molecule has 0 aliphatic heterocycles. The maximum absolute atomic E-state index is 11.5. The zero-order chi connectivity index (χ0) is 14.4. The van der Waals surface area contributed by atoms with Crippen molar-refractivity contribution in [2.75, 3.05) is 7.11 Å². The number of methoxy groups -OCH3 is 1. The number of esters is 1. The Morgan fingerprint density at radius 1 is 1.35 bits per heavy atom. The van der Waals surface area contributed by atoms with Gasteiger partial charge >= 0.3 is 5.97 Å². The van der Waals surface area contributed by atoms with Crippen LogP contribution in [0.4, 0.5) is 0 Å². The molecule has 6 nitrogen and oxygen atoms in total. The summed E-state index contributed by atoms with van der Waals surface area (Å²) in [4.78, 5) is 19.2. The van der Waals surface area contributed by atoms with Gasteiger partial charge in [-0.3, -0.25) is 4.98 Å². The fourth-order valence-electron chi connectivity index (χ4n) is 1.44. The molecule has 20 heavy (non-hydrogen) atoms. The van der Waals surface area contributed by atoms with Gasteiger partial charge in [-0.05, 0) is 23.8 Å². The van der Waals surface area contributed by atoms with Gasteiger partial charge in [-0.2, -0.15) is 0 Å². The van der Waals surface area contributed by atoms with Crippen LogP contribution in [0, 0.1) is 0 Å². The first kappa shape index (κ1) is 13.5. The smallest absolute Gasteiger partial charge is 0.337 e. The average molecular weight is 272 g/mol. The van der Waals surface area contributed by atoms with E-state index >= 15 is 0 Å². The molecular formula is C14H12N2O4. The van der Waals surface area contributed by atoms with Gasteiger partial charge in [-0.1, -0.05) is 6.07 Å². The van der Waals surface area contributed by atoms with Crippen molar-refractivity contribution >= 4 is 12.0 Å². The fraction of sp³-hybridized carbons (Fsp3) is 0.0714. The number of hydrogen-bond acceptors (Lipinski definition) is 6. The molecule has 0 spiro atoms. The molecule has 0 saturated heterocycles. The normalized spacial score (nSPS) is 10.4. The summed E-state index contributed by atoms with van der Waals surface area (Å²) in [6, 6.07) is 4.72. The van der Waals surface area contributed by atoms with E-state index in [0.29, 0.717) is 11.3 Å². The molecule has 6 heteroatoms. The Bertz CT molecular complexity index is 626. The highest BCUT2D eigenvalue weighted by molar-refractivity contribution is 5.88. The molecule has 0 bridgehead atoms. The first-order valence-electron chi connectivity index (χ1n) is 5.72. The van der Waals surface area contributed by atoms with Crippen LogP contribution in [0.2, 0.25) is 0 Å². The topological polar surface area (TPSA) is 81.5 Å². The molecule has 2 aromatic rings. The molecule has 0 aliphatic carbocycles. The monoisotopic (exact) mass is 272 g/mol. The van der Waals surface area contributed by atoms with Gasteiger partial charge in [0.1, 0.15) is 0 Å². The predicted molar refractivity (Wildman–Crippen MR) is 71.4 cm³/mol. The molecule has 102 valence electrons. The Labute approximate surface area is 115 Å². The van der Waals surface area contributed by atoms with Gasteiger partial charge in [0, 0.05) is 18.5 Å². The largest absolute Gasteiger partial charge is 0.504 e. The number of phenolic OH excluding ortho intramolecular Hbond substituents is 1. The lowest BCUT2D eigenvalue weighted by atomic mass is 10.2. The van der Waals surface area contributed by atoms with Crippen LogP contribution in [0.1, 0.15) is 5.56 Å². The summed E-state index contributed by atoms with van der Waals surface area (Å²) in [5, 5.41) is 9.45. The summed E-state index contributed by atoms with van der Waals surface area (Å²) < 4.78 is 9.91. The minimum Gasteiger partial charge on any atom is -0.504 e. The number of nitrogens with zero attached hydrogens (tertiary/aromatic N) is 2. The van der Waals surface area contributed by atoms with Crippen LogP contribution in [0.15, 0.2) is 42.9 Å². The number of carbonyl (C=O) groups excluding carboxylic acids is 1. The SMILES string of the molecule is COc1cc(C=CC(=O)Oc2cnccn2)ccc1O. The lowest BCUT2D eigenvalue weighted by molar-refractivity contribution is -0.129. The number of rotatable bonds is 4.